The highest BCUT2D eigenvalue weighted by atomic mass is 35.5. The maximum absolute atomic E-state index is 12.5. The van der Waals surface area contributed by atoms with Crippen LogP contribution < -0.4 is 5.32 Å². The molecule has 1 aromatic carbocycles. The van der Waals surface area contributed by atoms with Crippen molar-refractivity contribution < 1.29 is 4.79 Å². The first kappa shape index (κ1) is 18.6. The number of carbonyl (C=O) groups excluding carboxylic acids is 1. The third-order valence-corrected chi connectivity index (χ3v) is 5.19. The predicted octanol–water partition coefficient (Wildman–Crippen LogP) is 3.31. The second-order valence-corrected chi connectivity index (χ2v) is 6.98. The summed E-state index contributed by atoms with van der Waals surface area (Å²) in [5.74, 6) is 0.801. The van der Waals surface area contributed by atoms with Gasteiger partial charge in [-0.05, 0) is 45.0 Å². The molecule has 1 aliphatic rings. The smallest absolute Gasteiger partial charge is 0.235 e. The van der Waals surface area contributed by atoms with Gasteiger partial charge in [0.25, 0.3) is 0 Å². The Morgan fingerprint density at radius 2 is 2.24 bits per heavy atom. The Hall–Kier alpha value is -0.420. The number of rotatable bonds is 5. The third-order valence-electron chi connectivity index (χ3n) is 3.58. The molecular formula is C15H22Cl2N2OS. The van der Waals surface area contributed by atoms with E-state index in [0.717, 1.165) is 31.0 Å². The van der Waals surface area contributed by atoms with Gasteiger partial charge in [0.1, 0.15) is 0 Å². The van der Waals surface area contributed by atoms with Gasteiger partial charge in [-0.2, -0.15) is 0 Å². The Labute approximate surface area is 142 Å². The molecule has 1 aromatic rings. The Bertz CT molecular complexity index is 473. The van der Waals surface area contributed by atoms with E-state index in [1.54, 1.807) is 11.8 Å². The molecule has 21 heavy (non-hydrogen) atoms. The summed E-state index contributed by atoms with van der Waals surface area (Å²) in [6.45, 7) is 4.68. The molecule has 2 atom stereocenters. The Kier molecular flexibility index (Phi) is 7.88. The van der Waals surface area contributed by atoms with Crippen molar-refractivity contribution in [3.63, 3.8) is 0 Å². The second-order valence-electron chi connectivity index (χ2n) is 5.19. The summed E-state index contributed by atoms with van der Waals surface area (Å²) in [7, 11) is 1.96. The van der Waals surface area contributed by atoms with Crippen LogP contribution in [0.3, 0.4) is 0 Å². The number of nitrogens with one attached hydrogen (secondary N) is 1. The molecule has 6 heteroatoms. The Balaban J connectivity index is 0.00000220. The van der Waals surface area contributed by atoms with Gasteiger partial charge in [0.05, 0.1) is 10.3 Å². The van der Waals surface area contributed by atoms with Crippen LogP contribution in [0.4, 0.5) is 0 Å². The van der Waals surface area contributed by atoms with Crippen LogP contribution in [-0.4, -0.2) is 42.7 Å². The van der Waals surface area contributed by atoms with Crippen molar-refractivity contribution in [1.29, 1.82) is 0 Å². The van der Waals surface area contributed by atoms with Gasteiger partial charge in [0, 0.05) is 18.0 Å². The highest BCUT2D eigenvalue weighted by Crippen LogP contribution is 2.31. The van der Waals surface area contributed by atoms with Crippen molar-refractivity contribution in [3.8, 4) is 0 Å². The first-order valence-electron chi connectivity index (χ1n) is 6.96. The van der Waals surface area contributed by atoms with Crippen LogP contribution in [0.5, 0.6) is 0 Å². The summed E-state index contributed by atoms with van der Waals surface area (Å²) in [6.07, 6.45) is 1.09. The van der Waals surface area contributed by atoms with Gasteiger partial charge >= 0.3 is 0 Å². The number of carbonyl (C=O) groups is 1. The maximum atomic E-state index is 12.5. The van der Waals surface area contributed by atoms with Gasteiger partial charge in [-0.3, -0.25) is 4.79 Å². The fourth-order valence-corrected chi connectivity index (χ4v) is 3.76. The molecule has 0 aromatic heterocycles. The Morgan fingerprint density at radius 1 is 1.52 bits per heavy atom. The molecule has 1 aliphatic heterocycles. The van der Waals surface area contributed by atoms with Gasteiger partial charge in [-0.15, -0.1) is 24.2 Å². The van der Waals surface area contributed by atoms with E-state index >= 15 is 0 Å². The molecule has 0 bridgehead atoms. The summed E-state index contributed by atoms with van der Waals surface area (Å²) in [5.41, 5.74) is 0. The molecule has 1 N–H and O–H groups in total. The molecule has 1 fully saturated rings. The maximum Gasteiger partial charge on any atom is 0.235 e. The van der Waals surface area contributed by atoms with Gasteiger partial charge < -0.3 is 10.2 Å². The molecule has 1 saturated heterocycles. The highest BCUT2D eigenvalue weighted by molar-refractivity contribution is 8.00. The largest absolute Gasteiger partial charge is 0.341 e. The SMILES string of the molecule is CNCC1CCN(C(=O)C(C)Sc2ccccc2Cl)C1.Cl. The van der Waals surface area contributed by atoms with Crippen LogP contribution in [0.2, 0.25) is 5.02 Å². The highest BCUT2D eigenvalue weighted by Gasteiger charge is 2.29. The van der Waals surface area contributed by atoms with Crippen molar-refractivity contribution >= 4 is 41.7 Å². The van der Waals surface area contributed by atoms with Crippen LogP contribution in [0.25, 0.3) is 0 Å². The zero-order valence-electron chi connectivity index (χ0n) is 12.3. The lowest BCUT2D eigenvalue weighted by Gasteiger charge is -2.21. The van der Waals surface area contributed by atoms with Crippen molar-refractivity contribution in [1.82, 2.24) is 10.2 Å². The van der Waals surface area contributed by atoms with Crippen LogP contribution in [0, 0.1) is 5.92 Å². The summed E-state index contributed by atoms with van der Waals surface area (Å²) < 4.78 is 0. The Morgan fingerprint density at radius 3 is 2.90 bits per heavy atom. The van der Waals surface area contributed by atoms with Crippen molar-refractivity contribution in [2.75, 3.05) is 26.7 Å². The normalized spacial score (nSPS) is 19.2. The number of nitrogens with zero attached hydrogens (tertiary/aromatic N) is 1. The number of likely N-dealkylation sites (tertiary alicyclic amines) is 1. The van der Waals surface area contributed by atoms with Crippen molar-refractivity contribution in [2.45, 2.75) is 23.5 Å². The monoisotopic (exact) mass is 348 g/mol. The predicted molar refractivity (Wildman–Crippen MR) is 92.6 cm³/mol. The quantitative estimate of drug-likeness (QED) is 0.828. The lowest BCUT2D eigenvalue weighted by molar-refractivity contribution is -0.129. The third kappa shape index (κ3) is 5.06. The van der Waals surface area contributed by atoms with Crippen LogP contribution in [-0.2, 0) is 4.79 Å². The summed E-state index contributed by atoms with van der Waals surface area (Å²) in [4.78, 5) is 15.4. The van der Waals surface area contributed by atoms with E-state index in [4.69, 9.17) is 11.6 Å². The van der Waals surface area contributed by atoms with E-state index < -0.39 is 0 Å². The average molecular weight is 349 g/mol. The number of hydrogen-bond donors (Lipinski definition) is 1. The van der Waals surface area contributed by atoms with Crippen LogP contribution in [0.15, 0.2) is 29.2 Å². The minimum absolute atomic E-state index is 0. The number of amides is 1. The van der Waals surface area contributed by atoms with Gasteiger partial charge in [0.15, 0.2) is 0 Å². The van der Waals surface area contributed by atoms with E-state index in [-0.39, 0.29) is 23.6 Å². The summed E-state index contributed by atoms with van der Waals surface area (Å²) in [6, 6.07) is 7.68. The lowest BCUT2D eigenvalue weighted by atomic mass is 10.1. The zero-order valence-corrected chi connectivity index (χ0v) is 14.7. The fraction of sp³-hybridized carbons (Fsp3) is 0.533. The van der Waals surface area contributed by atoms with E-state index in [9.17, 15) is 4.79 Å². The fourth-order valence-electron chi connectivity index (χ4n) is 2.53. The van der Waals surface area contributed by atoms with Crippen molar-refractivity contribution in [2.24, 2.45) is 5.92 Å². The van der Waals surface area contributed by atoms with E-state index in [1.165, 1.54) is 0 Å². The lowest BCUT2D eigenvalue weighted by Crippen LogP contribution is -2.35. The molecule has 1 heterocycles. The zero-order chi connectivity index (χ0) is 14.5. The van der Waals surface area contributed by atoms with Gasteiger partial charge in [-0.25, -0.2) is 0 Å². The summed E-state index contributed by atoms with van der Waals surface area (Å²) >= 11 is 7.68. The van der Waals surface area contributed by atoms with E-state index in [2.05, 4.69) is 5.32 Å². The first-order chi connectivity index (χ1) is 9.61. The number of benzene rings is 1. The van der Waals surface area contributed by atoms with Crippen LogP contribution >= 0.6 is 35.8 Å². The first-order valence-corrected chi connectivity index (χ1v) is 8.22. The van der Waals surface area contributed by atoms with Gasteiger partial charge in [-0.1, -0.05) is 23.7 Å². The molecule has 0 aliphatic carbocycles. The van der Waals surface area contributed by atoms with E-state index in [0.29, 0.717) is 10.9 Å². The molecule has 0 saturated carbocycles. The standard InChI is InChI=1S/C15H21ClN2OS.ClH/c1-11(20-14-6-4-3-5-13(14)16)15(19)18-8-7-12(10-18)9-17-2;/h3-6,11-12,17H,7-10H2,1-2H3;1H. The minimum atomic E-state index is -0.0942. The molecule has 0 radical (unpaired) electrons. The number of halogens is 2. The molecule has 1 amide bonds. The van der Waals surface area contributed by atoms with Crippen molar-refractivity contribution in [3.05, 3.63) is 29.3 Å². The molecular weight excluding hydrogens is 327 g/mol. The average Bonchev–Trinajstić information content (AvgIpc) is 2.89. The summed E-state index contributed by atoms with van der Waals surface area (Å²) in [5, 5.41) is 3.81. The number of thioether (sulfide) groups is 1. The molecule has 0 spiro atoms. The second kappa shape index (κ2) is 8.89. The van der Waals surface area contributed by atoms with Crippen LogP contribution in [0.1, 0.15) is 13.3 Å². The molecule has 118 valence electrons. The molecule has 2 rings (SSSR count). The minimum Gasteiger partial charge on any atom is -0.341 e. The molecule has 2 unspecified atom stereocenters. The van der Waals surface area contributed by atoms with E-state index in [1.807, 2.05) is 43.1 Å². The number of hydrogen-bond acceptors (Lipinski definition) is 3. The topological polar surface area (TPSA) is 32.3 Å². The van der Waals surface area contributed by atoms with Gasteiger partial charge in [0.2, 0.25) is 5.91 Å². The molecule has 3 nitrogen and oxygen atoms in total.